The molecule has 2 saturated heterocycles. The van der Waals surface area contributed by atoms with Gasteiger partial charge in [-0.1, -0.05) is 12.1 Å². The van der Waals surface area contributed by atoms with Gasteiger partial charge < -0.3 is 15.0 Å². The fourth-order valence-electron chi connectivity index (χ4n) is 4.39. The van der Waals surface area contributed by atoms with Crippen molar-refractivity contribution in [3.05, 3.63) is 47.8 Å². The van der Waals surface area contributed by atoms with Crippen LogP contribution in [0.25, 0.3) is 0 Å². The predicted octanol–water partition coefficient (Wildman–Crippen LogP) is 3.07. The molecule has 0 unspecified atom stereocenters. The largest absolute Gasteiger partial charge is 0.490 e. The highest BCUT2D eigenvalue weighted by Crippen LogP contribution is 2.31. The Hall–Kier alpha value is -2.05. The van der Waals surface area contributed by atoms with Crippen LogP contribution in [0.15, 0.2) is 36.7 Å². The van der Waals surface area contributed by atoms with Gasteiger partial charge in [0.2, 0.25) is 0 Å². The lowest BCUT2D eigenvalue weighted by atomic mass is 9.86. The van der Waals surface area contributed by atoms with Gasteiger partial charge in [0.05, 0.1) is 0 Å². The molecule has 2 aliphatic heterocycles. The minimum Gasteiger partial charge on any atom is -0.490 e. The number of ether oxygens (including phenoxy) is 1. The van der Waals surface area contributed by atoms with Crippen LogP contribution in [-0.2, 0) is 10.3 Å². The first-order chi connectivity index (χ1) is 13.6. The van der Waals surface area contributed by atoms with Gasteiger partial charge >= 0.3 is 0 Å². The molecule has 3 heterocycles. The van der Waals surface area contributed by atoms with Gasteiger partial charge in [-0.2, -0.15) is 5.10 Å². The molecule has 4 rings (SSSR count). The minimum absolute atomic E-state index is 0. The van der Waals surface area contributed by atoms with E-state index in [1.54, 1.807) is 6.20 Å². The molecule has 0 spiro atoms. The summed E-state index contributed by atoms with van der Waals surface area (Å²) in [5, 5.41) is 7.80. The Bertz CT molecular complexity index is 810. The van der Waals surface area contributed by atoms with E-state index < -0.39 is 5.54 Å². The van der Waals surface area contributed by atoms with Crippen molar-refractivity contribution in [1.29, 1.82) is 0 Å². The molecule has 0 atom stereocenters. The number of likely N-dealkylation sites (tertiary alicyclic amines) is 1. The zero-order chi connectivity index (χ0) is 19.6. The number of piperidine rings is 2. The molecule has 0 saturated carbocycles. The highest BCUT2D eigenvalue weighted by atomic mass is 35.5. The maximum atomic E-state index is 13.5. The summed E-state index contributed by atoms with van der Waals surface area (Å²) in [6.07, 6.45) is 7.16. The lowest BCUT2D eigenvalue weighted by Crippen LogP contribution is -2.57. The number of carbonyl (C=O) groups excluding carboxylic acids is 1. The van der Waals surface area contributed by atoms with Gasteiger partial charge in [0.1, 0.15) is 17.4 Å². The summed E-state index contributed by atoms with van der Waals surface area (Å²) in [7, 11) is 0. The molecule has 1 aromatic heterocycles. The summed E-state index contributed by atoms with van der Waals surface area (Å²) in [6.45, 7) is 7.34. The molecule has 0 bridgehead atoms. The monoisotopic (exact) mass is 418 g/mol. The lowest BCUT2D eigenvalue weighted by Gasteiger charge is -2.42. The Morgan fingerprint density at radius 2 is 1.93 bits per heavy atom. The van der Waals surface area contributed by atoms with Gasteiger partial charge in [-0.3, -0.25) is 9.48 Å². The summed E-state index contributed by atoms with van der Waals surface area (Å²) < 4.78 is 8.16. The van der Waals surface area contributed by atoms with Gasteiger partial charge in [-0.05, 0) is 63.0 Å². The molecule has 0 radical (unpaired) electrons. The van der Waals surface area contributed by atoms with Crippen molar-refractivity contribution >= 4 is 18.3 Å². The van der Waals surface area contributed by atoms with E-state index in [4.69, 9.17) is 4.74 Å². The zero-order valence-corrected chi connectivity index (χ0v) is 18.1. The molecular formula is C22H31ClN4O2. The maximum Gasteiger partial charge on any atom is 0.250 e. The predicted molar refractivity (Wildman–Crippen MR) is 116 cm³/mol. The van der Waals surface area contributed by atoms with E-state index in [2.05, 4.69) is 42.5 Å². The number of aromatic nitrogens is 2. The first kappa shape index (κ1) is 21.7. The number of rotatable bonds is 4. The number of nitrogens with one attached hydrogen (secondary N) is 1. The zero-order valence-electron chi connectivity index (χ0n) is 17.3. The van der Waals surface area contributed by atoms with Crippen LogP contribution in [0.3, 0.4) is 0 Å². The van der Waals surface area contributed by atoms with E-state index in [0.717, 1.165) is 63.2 Å². The Balaban J connectivity index is 0.00000240. The van der Waals surface area contributed by atoms with Crippen molar-refractivity contribution in [2.75, 3.05) is 26.2 Å². The molecule has 158 valence electrons. The Kier molecular flexibility index (Phi) is 6.85. The van der Waals surface area contributed by atoms with Gasteiger partial charge in [0, 0.05) is 38.3 Å². The van der Waals surface area contributed by atoms with Crippen molar-refractivity contribution in [2.45, 2.75) is 51.2 Å². The summed E-state index contributed by atoms with van der Waals surface area (Å²) in [5.41, 5.74) is 1.83. The summed E-state index contributed by atoms with van der Waals surface area (Å²) in [4.78, 5) is 15.6. The molecular weight excluding hydrogens is 388 g/mol. The first-order valence-electron chi connectivity index (χ1n) is 10.3. The highest BCUT2D eigenvalue weighted by Gasteiger charge is 2.45. The second kappa shape index (κ2) is 9.18. The van der Waals surface area contributed by atoms with Crippen LogP contribution in [0.5, 0.6) is 5.75 Å². The third kappa shape index (κ3) is 4.43. The van der Waals surface area contributed by atoms with E-state index in [9.17, 15) is 4.79 Å². The molecule has 1 N–H and O–H groups in total. The second-order valence-corrected chi connectivity index (χ2v) is 8.11. The van der Waals surface area contributed by atoms with Crippen molar-refractivity contribution in [1.82, 2.24) is 20.0 Å². The van der Waals surface area contributed by atoms with Gasteiger partial charge in [-0.15, -0.1) is 12.4 Å². The normalized spacial score (nSPS) is 19.4. The smallest absolute Gasteiger partial charge is 0.250 e. The molecule has 7 heteroatoms. The summed E-state index contributed by atoms with van der Waals surface area (Å²) in [6, 6.07) is 8.22. The van der Waals surface area contributed by atoms with Crippen LogP contribution in [0, 0.1) is 13.8 Å². The molecule has 2 aromatic rings. The molecule has 2 fully saturated rings. The average molecular weight is 419 g/mol. The van der Waals surface area contributed by atoms with Crippen molar-refractivity contribution in [2.24, 2.45) is 0 Å². The fraction of sp³-hybridized carbons (Fsp3) is 0.545. The second-order valence-electron chi connectivity index (χ2n) is 8.11. The summed E-state index contributed by atoms with van der Waals surface area (Å²) in [5.74, 6) is 1.18. The number of hydrogen-bond donors (Lipinski definition) is 1. The quantitative estimate of drug-likeness (QED) is 0.828. The number of carbonyl (C=O) groups is 1. The molecule has 6 nitrogen and oxygen atoms in total. The van der Waals surface area contributed by atoms with E-state index in [-0.39, 0.29) is 24.4 Å². The van der Waals surface area contributed by atoms with Crippen LogP contribution < -0.4 is 10.1 Å². The van der Waals surface area contributed by atoms with Crippen molar-refractivity contribution in [3.8, 4) is 5.75 Å². The fourth-order valence-corrected chi connectivity index (χ4v) is 4.39. The summed E-state index contributed by atoms with van der Waals surface area (Å²) >= 11 is 0. The van der Waals surface area contributed by atoms with E-state index in [1.807, 2.05) is 21.8 Å². The number of amides is 1. The Labute approximate surface area is 179 Å². The number of benzene rings is 1. The molecule has 29 heavy (non-hydrogen) atoms. The number of nitrogens with zero attached hydrogens (tertiary/aromatic N) is 3. The molecule has 2 aliphatic rings. The third-order valence-electron chi connectivity index (χ3n) is 6.14. The lowest BCUT2D eigenvalue weighted by molar-refractivity contribution is -0.145. The van der Waals surface area contributed by atoms with E-state index in [1.165, 1.54) is 5.56 Å². The SMILES string of the molecule is Cc1ccc(C)c(OC2CCN(C(=O)C3(n4cccn4)CCNCC3)CC2)c1.Cl. The van der Waals surface area contributed by atoms with Crippen LogP contribution in [0.1, 0.15) is 36.8 Å². The van der Waals surface area contributed by atoms with Gasteiger partial charge in [0.15, 0.2) is 0 Å². The van der Waals surface area contributed by atoms with Crippen LogP contribution in [0.2, 0.25) is 0 Å². The number of aryl methyl sites for hydroxylation is 2. The van der Waals surface area contributed by atoms with Crippen LogP contribution in [-0.4, -0.2) is 52.9 Å². The van der Waals surface area contributed by atoms with Gasteiger partial charge in [-0.25, -0.2) is 0 Å². The number of hydrogen-bond acceptors (Lipinski definition) is 4. The van der Waals surface area contributed by atoms with E-state index in [0.29, 0.717) is 0 Å². The highest BCUT2D eigenvalue weighted by molar-refractivity contribution is 5.85. The third-order valence-corrected chi connectivity index (χ3v) is 6.14. The molecule has 1 aromatic carbocycles. The van der Waals surface area contributed by atoms with Crippen LogP contribution in [0.4, 0.5) is 0 Å². The first-order valence-corrected chi connectivity index (χ1v) is 10.3. The Morgan fingerprint density at radius 1 is 1.21 bits per heavy atom. The standard InChI is InChI=1S/C22H30N4O2.ClH/c1-17-4-5-18(2)20(16-17)28-19-6-14-25(15-7-19)21(27)22(8-11-23-12-9-22)26-13-3-10-24-26;/h3-5,10,13,16,19,23H,6-9,11-12,14-15H2,1-2H3;1H. The number of halogens is 1. The molecule has 1 amide bonds. The Morgan fingerprint density at radius 3 is 2.59 bits per heavy atom. The van der Waals surface area contributed by atoms with E-state index >= 15 is 0 Å². The topological polar surface area (TPSA) is 59.4 Å². The van der Waals surface area contributed by atoms with Crippen molar-refractivity contribution in [3.63, 3.8) is 0 Å². The van der Waals surface area contributed by atoms with Crippen LogP contribution >= 0.6 is 12.4 Å². The maximum absolute atomic E-state index is 13.5. The molecule has 0 aliphatic carbocycles. The average Bonchev–Trinajstić information content (AvgIpc) is 3.27. The van der Waals surface area contributed by atoms with Crippen molar-refractivity contribution < 1.29 is 9.53 Å². The van der Waals surface area contributed by atoms with Gasteiger partial charge in [0.25, 0.3) is 5.91 Å². The minimum atomic E-state index is -0.546.